The zero-order valence-electron chi connectivity index (χ0n) is 52.5. The van der Waals surface area contributed by atoms with Crippen molar-refractivity contribution in [3.63, 3.8) is 0 Å². The van der Waals surface area contributed by atoms with E-state index in [1.807, 2.05) is 0 Å². The smallest absolute Gasteiger partial charge is 0.0645 e. The van der Waals surface area contributed by atoms with E-state index < -0.39 is 229 Å². The Hall–Kier alpha value is -6.84. The summed E-state index contributed by atoms with van der Waals surface area (Å²) in [6.07, 6.45) is 0. The minimum Gasteiger partial charge on any atom is -0.309 e. The van der Waals surface area contributed by atoms with Crippen LogP contribution in [0.15, 0.2) is 175 Å². The van der Waals surface area contributed by atoms with Crippen LogP contribution in [-0.4, -0.2) is 13.5 Å². The van der Waals surface area contributed by atoms with Crippen molar-refractivity contribution in [1.29, 1.82) is 0 Å². The molecule has 0 aliphatic heterocycles. The van der Waals surface area contributed by atoms with Crippen molar-refractivity contribution >= 4 is 81.7 Å². The van der Waals surface area contributed by atoms with Crippen LogP contribution in [0.3, 0.4) is 0 Å². The van der Waals surface area contributed by atoms with E-state index in [4.69, 9.17) is 20.6 Å². The van der Waals surface area contributed by atoms with E-state index in [9.17, 15) is 16.4 Å². The van der Waals surface area contributed by atoms with Crippen LogP contribution in [0.5, 0.6) is 0 Å². The molecule has 0 fully saturated rings. The Balaban J connectivity index is 1.38. The van der Waals surface area contributed by atoms with Gasteiger partial charge in [-0.2, -0.15) is 0 Å². The first-order valence-corrected chi connectivity index (χ1v) is 15.4. The van der Waals surface area contributed by atoms with Crippen LogP contribution in [0.1, 0.15) is 37.0 Å². The molecule has 4 heterocycles. The first-order valence-electron chi connectivity index (χ1n) is 28.9. The van der Waals surface area contributed by atoms with Crippen molar-refractivity contribution in [3.05, 3.63) is 175 Å². The van der Waals surface area contributed by atoms with Gasteiger partial charge in [-0.25, -0.2) is 0 Å². The average molecular weight is 675 g/mol. The lowest BCUT2D eigenvalue weighted by Gasteiger charge is -2.15. The van der Waals surface area contributed by atoms with E-state index in [1.165, 1.54) is 0 Å². The van der Waals surface area contributed by atoms with Crippen molar-refractivity contribution in [2.75, 3.05) is 0 Å². The molecule has 0 aliphatic rings. The number of nitrogens with zero attached hydrogens (tertiary/aromatic N) is 3. The Morgan fingerprint density at radius 1 is 0.392 bits per heavy atom. The van der Waals surface area contributed by atoms with Crippen LogP contribution in [0.2, 0.25) is 0 Å². The fourth-order valence-corrected chi connectivity index (χ4v) is 7.28. The van der Waals surface area contributed by atoms with Crippen molar-refractivity contribution in [1.82, 2.24) is 13.5 Å². The molecule has 0 unspecified atom stereocenters. The van der Waals surface area contributed by atoms with E-state index in [1.54, 1.807) is 0 Å². The second-order valence-electron chi connectivity index (χ2n) is 11.7. The summed E-state index contributed by atoms with van der Waals surface area (Å²) in [6.45, 7) is 0. The monoisotopic (exact) mass is 674 g/mol. The SMILES string of the molecule is [2H]c1cc2c(c([2H])c1-c1c([2H])c([2H])c([2H])c([2H])c1-n1c3c([2H])cc([2H])c4c5c([2H])c([2H])c([2H])c([2H])c5n5c6c([2H])c([2H])c([2H])c([2H])c6c6c([2H])c([2H])c1c(c43)c65)c1c([2H])c([2H])c([2H])c([2H])c1n2-c1c([2H])c([2H])c([2H])c([2H])c1[2H]. The summed E-state index contributed by atoms with van der Waals surface area (Å²) < 4.78 is 250. The summed E-state index contributed by atoms with van der Waals surface area (Å²) in [5.41, 5.74) is -5.55. The van der Waals surface area contributed by atoms with Crippen LogP contribution in [0.25, 0.3) is 104 Å². The van der Waals surface area contributed by atoms with Gasteiger partial charge >= 0.3 is 0 Å². The second kappa shape index (κ2) is 9.87. The highest BCUT2D eigenvalue weighted by atomic mass is 15.0. The molecule has 0 N–H and O–H groups in total. The van der Waals surface area contributed by atoms with Crippen LogP contribution < -0.4 is 0 Å². The fourth-order valence-electron chi connectivity index (χ4n) is 7.28. The molecule has 0 amide bonds. The lowest BCUT2D eigenvalue weighted by atomic mass is 10.0. The minimum atomic E-state index is -0.953. The quantitative estimate of drug-likeness (QED) is 0.177. The van der Waals surface area contributed by atoms with Crippen LogP contribution in [0.4, 0.5) is 0 Å². The number of aromatic nitrogens is 3. The van der Waals surface area contributed by atoms with Gasteiger partial charge in [0.05, 0.1) is 81.3 Å². The summed E-state index contributed by atoms with van der Waals surface area (Å²) in [7, 11) is 0. The van der Waals surface area contributed by atoms with Crippen molar-refractivity contribution in [2.45, 2.75) is 0 Å². The Bertz CT molecular complexity index is 4900. The Labute approximate surface area is 330 Å². The molecule has 0 spiro atoms. The molecule has 12 rings (SSSR count). The minimum absolute atomic E-state index is 0.247. The second-order valence-corrected chi connectivity index (χ2v) is 11.7. The van der Waals surface area contributed by atoms with Gasteiger partial charge in [0.15, 0.2) is 0 Å². The molecule has 0 atom stereocenters. The maximum absolute atomic E-state index is 10.0. The largest absolute Gasteiger partial charge is 0.309 e. The third-order valence-corrected chi connectivity index (χ3v) is 9.23. The summed E-state index contributed by atoms with van der Waals surface area (Å²) in [5.74, 6) is 0. The Morgan fingerprint density at radius 3 is 1.84 bits per heavy atom. The molecule has 0 aliphatic carbocycles. The van der Waals surface area contributed by atoms with E-state index >= 15 is 0 Å². The van der Waals surface area contributed by atoms with Gasteiger partial charge in [0.25, 0.3) is 0 Å². The van der Waals surface area contributed by atoms with E-state index in [-0.39, 0.29) is 38.0 Å². The summed E-state index contributed by atoms with van der Waals surface area (Å²) in [5, 5.41) is -2.82. The molecule has 4 aromatic heterocycles. The van der Waals surface area contributed by atoms with Gasteiger partial charge in [-0.05, 0) is 71.4 Å². The van der Waals surface area contributed by atoms with Crippen LogP contribution in [-0.2, 0) is 0 Å². The lowest BCUT2D eigenvalue weighted by Crippen LogP contribution is -1.97. The van der Waals surface area contributed by atoms with E-state index in [2.05, 4.69) is 0 Å². The molecule has 3 heteroatoms. The molecule has 12 aromatic rings. The molecular formula is C48H29N3. The highest BCUT2D eigenvalue weighted by molar-refractivity contribution is 6.33. The molecule has 8 aromatic carbocycles. The zero-order chi connectivity index (χ0) is 56.7. The number of fused-ring (bicyclic) bond motifs is 9. The van der Waals surface area contributed by atoms with Crippen molar-refractivity contribution < 1.29 is 37.0 Å². The zero-order valence-corrected chi connectivity index (χ0v) is 25.5. The predicted octanol–water partition coefficient (Wildman–Crippen LogP) is 12.7. The predicted molar refractivity (Wildman–Crippen MR) is 215 cm³/mol. The topological polar surface area (TPSA) is 14.3 Å². The van der Waals surface area contributed by atoms with Gasteiger partial charge in [0, 0.05) is 49.0 Å². The molecular weight excluding hydrogens is 619 g/mol. The summed E-state index contributed by atoms with van der Waals surface area (Å²) >= 11 is 0. The normalized spacial score (nSPS) is 19.7. The molecule has 0 saturated carbocycles. The van der Waals surface area contributed by atoms with Gasteiger partial charge in [0.2, 0.25) is 0 Å². The van der Waals surface area contributed by atoms with Crippen LogP contribution >= 0.6 is 0 Å². The number of para-hydroxylation sites is 5. The molecule has 3 nitrogen and oxygen atoms in total. The van der Waals surface area contributed by atoms with E-state index in [0.29, 0.717) is 0 Å². The third kappa shape index (κ3) is 3.47. The van der Waals surface area contributed by atoms with Gasteiger partial charge in [-0.1, -0.05) is 115 Å². The maximum Gasteiger partial charge on any atom is 0.0645 e. The number of rotatable bonds is 3. The number of hydrogen-bond acceptors (Lipinski definition) is 0. The average Bonchev–Trinajstić information content (AvgIpc) is 2.31. The van der Waals surface area contributed by atoms with Crippen molar-refractivity contribution in [2.24, 2.45) is 0 Å². The molecule has 236 valence electrons. The van der Waals surface area contributed by atoms with Gasteiger partial charge in [-0.3, -0.25) is 0 Å². The molecule has 0 radical (unpaired) electrons. The highest BCUT2D eigenvalue weighted by Gasteiger charge is 2.24. The number of hydrogen-bond donors (Lipinski definition) is 0. The lowest BCUT2D eigenvalue weighted by molar-refractivity contribution is 1.18. The summed E-state index contributed by atoms with van der Waals surface area (Å²) in [6, 6.07) is -19.6. The van der Waals surface area contributed by atoms with E-state index in [0.717, 1.165) is 25.7 Å². The summed E-state index contributed by atoms with van der Waals surface area (Å²) in [4.78, 5) is 0. The molecule has 51 heavy (non-hydrogen) atoms. The molecule has 0 bridgehead atoms. The third-order valence-electron chi connectivity index (χ3n) is 9.23. The Kier molecular flexibility index (Phi) is 2.36. The van der Waals surface area contributed by atoms with Crippen LogP contribution in [0, 0.1) is 0 Å². The standard InChI is InChI=1S/C48H29N3/c1-2-13-31(14-3-1)49-40-21-9-7-18-35(40)38-29-30(25-27-43(38)49)32-15-4-8-20-39(32)50-44-24-12-19-36-33-16-5-10-22-41(33)51-42-23-11-6-17-34(42)37-26-28-45(50)47(46(36)44)48(37)51/h1-29H/i1D,2D,3D,4D,5D,6D,7D,8D,9D,10D,11D,13D,14D,15D,16D,17D,18D,19D,20D,21D,22D,23D,24D,25D,26D,28D,29D. The Morgan fingerprint density at radius 2 is 1.04 bits per heavy atom. The fraction of sp³-hybridized carbons (Fsp3) is 0. The first-order chi connectivity index (χ1) is 36.6. The first kappa shape index (κ1) is 12.2. The highest BCUT2D eigenvalue weighted by Crippen LogP contribution is 2.46. The van der Waals surface area contributed by atoms with Crippen molar-refractivity contribution in [3.8, 4) is 22.5 Å². The van der Waals surface area contributed by atoms with Gasteiger partial charge in [0.1, 0.15) is 0 Å². The molecule has 0 saturated heterocycles. The maximum atomic E-state index is 10.0. The van der Waals surface area contributed by atoms with Gasteiger partial charge in [-0.15, -0.1) is 0 Å². The number of benzene rings is 8. The van der Waals surface area contributed by atoms with Gasteiger partial charge < -0.3 is 13.5 Å².